The van der Waals surface area contributed by atoms with Gasteiger partial charge in [0.25, 0.3) is 0 Å². The number of hydrogen-bond donors (Lipinski definition) is 0. The molecule has 0 spiro atoms. The third-order valence-electron chi connectivity index (χ3n) is 6.78. The first-order chi connectivity index (χ1) is 18.8. The molecule has 0 saturated carbocycles. The lowest BCUT2D eigenvalue weighted by atomic mass is 9.99. The molecule has 7 aromatic rings. The van der Waals surface area contributed by atoms with Crippen LogP contribution in [0, 0.1) is 5.82 Å². The molecule has 5 nitrogen and oxygen atoms in total. The fourth-order valence-corrected chi connectivity index (χ4v) is 5.06. The van der Waals surface area contributed by atoms with E-state index in [2.05, 4.69) is 65.2 Å². The largest absolute Gasteiger partial charge is 0.320 e. The molecule has 38 heavy (non-hydrogen) atoms. The van der Waals surface area contributed by atoms with E-state index in [1.807, 2.05) is 30.3 Å². The third-order valence-corrected chi connectivity index (χ3v) is 6.78. The van der Waals surface area contributed by atoms with Crippen molar-refractivity contribution in [2.75, 3.05) is 0 Å². The van der Waals surface area contributed by atoms with Crippen molar-refractivity contribution in [2.45, 2.75) is 6.54 Å². The summed E-state index contributed by atoms with van der Waals surface area (Å²) in [4.78, 5) is 9.88. The van der Waals surface area contributed by atoms with Crippen molar-refractivity contribution < 1.29 is 4.39 Å². The van der Waals surface area contributed by atoms with Crippen LogP contribution in [0.4, 0.5) is 4.39 Å². The molecule has 0 fully saturated rings. The molecule has 0 aliphatic rings. The summed E-state index contributed by atoms with van der Waals surface area (Å²) in [6.45, 7) is 0.649. The number of aromatic nitrogens is 5. The van der Waals surface area contributed by atoms with Gasteiger partial charge in [0.1, 0.15) is 17.8 Å². The normalized spacial score (nSPS) is 11.4. The van der Waals surface area contributed by atoms with Crippen molar-refractivity contribution in [2.24, 2.45) is 0 Å². The van der Waals surface area contributed by atoms with Crippen LogP contribution in [0.3, 0.4) is 0 Å². The average Bonchev–Trinajstić information content (AvgIpc) is 3.54. The van der Waals surface area contributed by atoms with Gasteiger partial charge in [0, 0.05) is 17.7 Å². The maximum atomic E-state index is 13.6. The average molecular weight is 496 g/mol. The Balaban J connectivity index is 1.59. The number of hydrogen-bond acceptors (Lipinski definition) is 3. The predicted molar refractivity (Wildman–Crippen MR) is 148 cm³/mol. The minimum Gasteiger partial charge on any atom is -0.320 e. The fourth-order valence-electron chi connectivity index (χ4n) is 5.06. The summed E-state index contributed by atoms with van der Waals surface area (Å²) in [7, 11) is 0. The molecule has 0 aliphatic heterocycles. The molecule has 0 saturated heterocycles. The predicted octanol–water partition coefficient (Wildman–Crippen LogP) is 7.27. The molecule has 4 aromatic carbocycles. The molecule has 7 rings (SSSR count). The Labute approximate surface area is 218 Å². The minimum atomic E-state index is -0.293. The summed E-state index contributed by atoms with van der Waals surface area (Å²) in [6.07, 6.45) is 1.71. The first-order valence-corrected chi connectivity index (χ1v) is 12.4. The van der Waals surface area contributed by atoms with Crippen molar-refractivity contribution in [3.05, 3.63) is 133 Å². The number of benzene rings is 4. The van der Waals surface area contributed by atoms with Gasteiger partial charge >= 0.3 is 0 Å². The lowest BCUT2D eigenvalue weighted by Crippen LogP contribution is -2.03. The highest BCUT2D eigenvalue weighted by atomic mass is 19.1. The maximum absolute atomic E-state index is 13.6. The van der Waals surface area contributed by atoms with Gasteiger partial charge in [-0.25, -0.2) is 18.9 Å². The van der Waals surface area contributed by atoms with Crippen LogP contribution in [0.1, 0.15) is 5.56 Å². The van der Waals surface area contributed by atoms with E-state index in [0.29, 0.717) is 18.0 Å². The molecule has 6 heteroatoms. The number of halogens is 1. The highest BCUT2D eigenvalue weighted by Gasteiger charge is 2.25. The van der Waals surface area contributed by atoms with Crippen LogP contribution < -0.4 is 0 Å². The van der Waals surface area contributed by atoms with E-state index in [-0.39, 0.29) is 5.82 Å². The molecular weight excluding hydrogens is 473 g/mol. The second kappa shape index (κ2) is 9.09. The quantitative estimate of drug-likeness (QED) is 0.252. The number of fused-ring (bicyclic) bond motifs is 3. The zero-order chi connectivity index (χ0) is 25.5. The Morgan fingerprint density at radius 3 is 1.95 bits per heavy atom. The van der Waals surface area contributed by atoms with Crippen LogP contribution in [0.15, 0.2) is 122 Å². The van der Waals surface area contributed by atoms with Gasteiger partial charge < -0.3 is 4.57 Å². The Bertz CT molecular complexity index is 1870. The Morgan fingerprint density at radius 1 is 0.632 bits per heavy atom. The first-order valence-electron chi connectivity index (χ1n) is 12.4. The zero-order valence-electron chi connectivity index (χ0n) is 20.4. The molecule has 0 aliphatic carbocycles. The van der Waals surface area contributed by atoms with Crippen LogP contribution in [-0.2, 0) is 6.54 Å². The van der Waals surface area contributed by atoms with Crippen molar-refractivity contribution >= 4 is 16.7 Å². The van der Waals surface area contributed by atoms with Gasteiger partial charge in [0.05, 0.1) is 11.1 Å². The minimum absolute atomic E-state index is 0.293. The van der Waals surface area contributed by atoms with E-state index < -0.39 is 0 Å². The second-order valence-corrected chi connectivity index (χ2v) is 9.18. The molecule has 0 atom stereocenters. The Morgan fingerprint density at radius 2 is 1.26 bits per heavy atom. The van der Waals surface area contributed by atoms with Crippen LogP contribution in [-0.4, -0.2) is 24.1 Å². The maximum Gasteiger partial charge on any atom is 0.182 e. The summed E-state index contributed by atoms with van der Waals surface area (Å²) in [6, 6.07) is 37.4. The van der Waals surface area contributed by atoms with Gasteiger partial charge in [0.2, 0.25) is 0 Å². The molecule has 0 unspecified atom stereocenters. The molecule has 3 aromatic heterocycles. The molecule has 0 N–H and O–H groups in total. The van der Waals surface area contributed by atoms with Crippen molar-refractivity contribution in [3.8, 4) is 33.8 Å². The molecular formula is C32H22FN5. The standard InChI is InChI=1S/C32H22FN5/c33-26-18-16-25(17-19-26)30-35-32-28-27(23-12-6-2-7-13-23)29(24-14-8-3-9-15-24)37(20-22-10-4-1-5-11-22)31(28)34-21-38(32)36-30/h1-19,21H,20H2. The molecule has 0 amide bonds. The van der Waals surface area contributed by atoms with E-state index >= 15 is 0 Å². The van der Waals surface area contributed by atoms with Gasteiger partial charge in [-0.2, -0.15) is 0 Å². The lowest BCUT2D eigenvalue weighted by molar-refractivity contribution is 0.628. The van der Waals surface area contributed by atoms with Gasteiger partial charge in [-0.15, -0.1) is 5.10 Å². The highest BCUT2D eigenvalue weighted by molar-refractivity contribution is 6.09. The van der Waals surface area contributed by atoms with Crippen molar-refractivity contribution in [3.63, 3.8) is 0 Å². The second-order valence-electron chi connectivity index (χ2n) is 9.18. The van der Waals surface area contributed by atoms with E-state index in [1.165, 1.54) is 17.7 Å². The van der Waals surface area contributed by atoms with Crippen LogP contribution in [0.25, 0.3) is 50.5 Å². The van der Waals surface area contributed by atoms with Crippen molar-refractivity contribution in [1.29, 1.82) is 0 Å². The zero-order valence-corrected chi connectivity index (χ0v) is 20.4. The summed E-state index contributed by atoms with van der Waals surface area (Å²) >= 11 is 0. The van der Waals surface area contributed by atoms with Crippen LogP contribution >= 0.6 is 0 Å². The Hall–Kier alpha value is -5.10. The van der Waals surface area contributed by atoms with Gasteiger partial charge in [0.15, 0.2) is 11.5 Å². The van der Waals surface area contributed by atoms with Crippen LogP contribution in [0.5, 0.6) is 0 Å². The third kappa shape index (κ3) is 3.74. The van der Waals surface area contributed by atoms with E-state index in [4.69, 9.17) is 15.1 Å². The smallest absolute Gasteiger partial charge is 0.182 e. The fraction of sp³-hybridized carbons (Fsp3) is 0.0312. The molecule has 3 heterocycles. The van der Waals surface area contributed by atoms with Crippen LogP contribution in [0.2, 0.25) is 0 Å². The molecule has 0 radical (unpaired) electrons. The summed E-state index contributed by atoms with van der Waals surface area (Å²) in [5.74, 6) is 0.230. The topological polar surface area (TPSA) is 48.0 Å². The van der Waals surface area contributed by atoms with E-state index in [9.17, 15) is 4.39 Å². The Kier molecular flexibility index (Phi) is 5.29. The SMILES string of the molecule is Fc1ccc(-c2nc3c4c(-c5ccccc5)c(-c5ccccc5)n(Cc5ccccc5)c4ncn3n2)cc1. The summed E-state index contributed by atoms with van der Waals surface area (Å²) in [5.41, 5.74) is 7.75. The molecule has 182 valence electrons. The lowest BCUT2D eigenvalue weighted by Gasteiger charge is -2.13. The van der Waals surface area contributed by atoms with Gasteiger partial charge in [-0.05, 0) is 41.0 Å². The van der Waals surface area contributed by atoms with Gasteiger partial charge in [-0.1, -0.05) is 91.0 Å². The monoisotopic (exact) mass is 495 g/mol. The first kappa shape index (κ1) is 22.1. The van der Waals surface area contributed by atoms with Crippen molar-refractivity contribution in [1.82, 2.24) is 24.1 Å². The molecule has 0 bridgehead atoms. The van der Waals surface area contributed by atoms with E-state index in [0.717, 1.165) is 39.0 Å². The highest BCUT2D eigenvalue weighted by Crippen LogP contribution is 2.42. The summed E-state index contributed by atoms with van der Waals surface area (Å²) < 4.78 is 17.6. The van der Waals surface area contributed by atoms with Gasteiger partial charge in [-0.3, -0.25) is 0 Å². The number of rotatable bonds is 5. The summed E-state index contributed by atoms with van der Waals surface area (Å²) in [5, 5.41) is 5.63. The van der Waals surface area contributed by atoms with E-state index in [1.54, 1.807) is 23.0 Å². The number of nitrogens with zero attached hydrogens (tertiary/aromatic N) is 5.